The summed E-state index contributed by atoms with van der Waals surface area (Å²) < 4.78 is 5.21. The number of aromatic nitrogens is 1. The van der Waals surface area contributed by atoms with Crippen LogP contribution < -0.4 is 0 Å². The Balaban J connectivity index is 0.000000461. The molecule has 1 aromatic heterocycles. The molecular formula is C12H17NO. The van der Waals surface area contributed by atoms with Crippen molar-refractivity contribution >= 4 is 11.0 Å². The van der Waals surface area contributed by atoms with E-state index in [0.29, 0.717) is 0 Å². The van der Waals surface area contributed by atoms with Gasteiger partial charge in [-0.3, -0.25) is 0 Å². The van der Waals surface area contributed by atoms with Crippen LogP contribution in [-0.4, -0.2) is 5.16 Å². The van der Waals surface area contributed by atoms with Gasteiger partial charge < -0.3 is 4.52 Å². The SMILES string of the molecule is CC.Cc1ccc(C)c2c(C)noc12. The van der Waals surface area contributed by atoms with E-state index in [-0.39, 0.29) is 0 Å². The number of rotatable bonds is 0. The first kappa shape index (κ1) is 10.8. The smallest absolute Gasteiger partial charge is 0.170 e. The normalized spacial score (nSPS) is 9.79. The first-order valence-electron chi connectivity index (χ1n) is 5.02. The van der Waals surface area contributed by atoms with Crippen molar-refractivity contribution in [3.63, 3.8) is 0 Å². The third-order valence-electron chi connectivity index (χ3n) is 2.20. The Hall–Kier alpha value is -1.31. The van der Waals surface area contributed by atoms with Crippen molar-refractivity contribution in [3.8, 4) is 0 Å². The van der Waals surface area contributed by atoms with Gasteiger partial charge in [0.15, 0.2) is 5.58 Å². The predicted molar refractivity (Wildman–Crippen MR) is 59.6 cm³/mol. The molecule has 14 heavy (non-hydrogen) atoms. The molecule has 0 bridgehead atoms. The van der Waals surface area contributed by atoms with Crippen LogP contribution in [0.25, 0.3) is 11.0 Å². The van der Waals surface area contributed by atoms with Gasteiger partial charge in [-0.15, -0.1) is 0 Å². The van der Waals surface area contributed by atoms with Crippen LogP contribution in [0.4, 0.5) is 0 Å². The summed E-state index contributed by atoms with van der Waals surface area (Å²) in [5.41, 5.74) is 4.28. The van der Waals surface area contributed by atoms with Gasteiger partial charge in [-0.05, 0) is 31.9 Å². The Morgan fingerprint density at radius 2 is 1.57 bits per heavy atom. The molecule has 0 N–H and O–H groups in total. The molecule has 0 fully saturated rings. The van der Waals surface area contributed by atoms with Gasteiger partial charge in [0, 0.05) is 5.39 Å². The van der Waals surface area contributed by atoms with Gasteiger partial charge in [-0.25, -0.2) is 0 Å². The highest BCUT2D eigenvalue weighted by Gasteiger charge is 2.08. The van der Waals surface area contributed by atoms with Gasteiger partial charge in [0.2, 0.25) is 0 Å². The Bertz CT molecular complexity index is 429. The molecule has 0 atom stereocenters. The maximum absolute atomic E-state index is 5.21. The van der Waals surface area contributed by atoms with E-state index in [1.165, 1.54) is 5.56 Å². The quantitative estimate of drug-likeness (QED) is 0.633. The summed E-state index contributed by atoms with van der Waals surface area (Å²) in [6.07, 6.45) is 0. The zero-order valence-electron chi connectivity index (χ0n) is 9.51. The fourth-order valence-corrected chi connectivity index (χ4v) is 1.51. The second-order valence-electron chi connectivity index (χ2n) is 3.17. The Morgan fingerprint density at radius 3 is 2.14 bits per heavy atom. The molecule has 0 amide bonds. The standard InChI is InChI=1S/C10H11NO.C2H6/c1-6-4-5-7(2)10-9(6)8(3)11-12-10;1-2/h4-5H,1-3H3;1-2H3. The van der Waals surface area contributed by atoms with Crippen LogP contribution in [-0.2, 0) is 0 Å². The number of fused-ring (bicyclic) bond motifs is 1. The van der Waals surface area contributed by atoms with Crippen molar-refractivity contribution < 1.29 is 4.52 Å². The van der Waals surface area contributed by atoms with E-state index in [2.05, 4.69) is 24.2 Å². The monoisotopic (exact) mass is 191 g/mol. The topological polar surface area (TPSA) is 26.0 Å². The number of hydrogen-bond acceptors (Lipinski definition) is 2. The molecule has 0 aliphatic heterocycles. The van der Waals surface area contributed by atoms with Crippen LogP contribution in [0, 0.1) is 20.8 Å². The summed E-state index contributed by atoms with van der Waals surface area (Å²) in [7, 11) is 0. The highest BCUT2D eigenvalue weighted by atomic mass is 16.5. The van der Waals surface area contributed by atoms with E-state index >= 15 is 0 Å². The predicted octanol–water partition coefficient (Wildman–Crippen LogP) is 3.78. The average Bonchev–Trinajstić information content (AvgIpc) is 2.59. The molecule has 0 spiro atoms. The molecule has 0 saturated heterocycles. The Morgan fingerprint density at radius 1 is 1.00 bits per heavy atom. The van der Waals surface area contributed by atoms with Crippen molar-refractivity contribution in [2.45, 2.75) is 34.6 Å². The maximum atomic E-state index is 5.21. The number of nitrogens with zero attached hydrogens (tertiary/aromatic N) is 1. The summed E-state index contributed by atoms with van der Waals surface area (Å²) in [5, 5.41) is 5.10. The summed E-state index contributed by atoms with van der Waals surface area (Å²) in [6, 6.07) is 4.16. The second-order valence-corrected chi connectivity index (χ2v) is 3.17. The molecule has 0 radical (unpaired) electrons. The summed E-state index contributed by atoms with van der Waals surface area (Å²) >= 11 is 0. The lowest BCUT2D eigenvalue weighted by Crippen LogP contribution is -1.79. The van der Waals surface area contributed by atoms with E-state index < -0.39 is 0 Å². The largest absolute Gasteiger partial charge is 0.356 e. The van der Waals surface area contributed by atoms with Gasteiger partial charge in [0.05, 0.1) is 5.69 Å². The first-order valence-corrected chi connectivity index (χ1v) is 5.02. The lowest BCUT2D eigenvalue weighted by molar-refractivity contribution is 0.449. The molecule has 76 valence electrons. The van der Waals surface area contributed by atoms with E-state index in [1.807, 2.05) is 27.7 Å². The molecule has 2 aromatic rings. The van der Waals surface area contributed by atoms with Crippen molar-refractivity contribution in [1.82, 2.24) is 5.16 Å². The molecule has 0 unspecified atom stereocenters. The zero-order chi connectivity index (χ0) is 10.7. The van der Waals surface area contributed by atoms with Crippen molar-refractivity contribution in [2.24, 2.45) is 0 Å². The fourth-order valence-electron chi connectivity index (χ4n) is 1.51. The van der Waals surface area contributed by atoms with Gasteiger partial charge in [-0.1, -0.05) is 31.1 Å². The van der Waals surface area contributed by atoms with Crippen molar-refractivity contribution in [1.29, 1.82) is 0 Å². The van der Waals surface area contributed by atoms with Crippen LogP contribution >= 0.6 is 0 Å². The molecule has 2 nitrogen and oxygen atoms in total. The van der Waals surface area contributed by atoms with E-state index in [0.717, 1.165) is 22.2 Å². The van der Waals surface area contributed by atoms with Gasteiger partial charge >= 0.3 is 0 Å². The molecule has 0 aliphatic carbocycles. The van der Waals surface area contributed by atoms with Gasteiger partial charge in [0.25, 0.3) is 0 Å². The van der Waals surface area contributed by atoms with E-state index in [4.69, 9.17) is 4.52 Å². The van der Waals surface area contributed by atoms with E-state index in [1.54, 1.807) is 0 Å². The maximum Gasteiger partial charge on any atom is 0.170 e. The van der Waals surface area contributed by atoms with Crippen LogP contribution in [0.15, 0.2) is 16.7 Å². The highest BCUT2D eigenvalue weighted by Crippen LogP contribution is 2.24. The van der Waals surface area contributed by atoms with E-state index in [9.17, 15) is 0 Å². The summed E-state index contributed by atoms with van der Waals surface area (Å²) in [4.78, 5) is 0. The minimum Gasteiger partial charge on any atom is -0.356 e. The number of hydrogen-bond donors (Lipinski definition) is 0. The number of benzene rings is 1. The Labute approximate surface area is 84.9 Å². The zero-order valence-corrected chi connectivity index (χ0v) is 9.51. The average molecular weight is 191 g/mol. The Kier molecular flexibility index (Phi) is 3.28. The van der Waals surface area contributed by atoms with Gasteiger partial charge in [-0.2, -0.15) is 0 Å². The summed E-state index contributed by atoms with van der Waals surface area (Å²) in [6.45, 7) is 10.1. The third-order valence-corrected chi connectivity index (χ3v) is 2.20. The van der Waals surface area contributed by atoms with Crippen LogP contribution in [0.1, 0.15) is 30.7 Å². The second kappa shape index (κ2) is 4.27. The first-order chi connectivity index (χ1) is 6.70. The molecular weight excluding hydrogens is 174 g/mol. The fraction of sp³-hybridized carbons (Fsp3) is 0.417. The van der Waals surface area contributed by atoms with Crippen LogP contribution in [0.2, 0.25) is 0 Å². The highest BCUT2D eigenvalue weighted by molar-refractivity contribution is 5.85. The minimum atomic E-state index is 0.924. The molecule has 1 aromatic carbocycles. The summed E-state index contributed by atoms with van der Waals surface area (Å²) in [5.74, 6) is 0. The molecule has 2 heteroatoms. The van der Waals surface area contributed by atoms with Crippen molar-refractivity contribution in [2.75, 3.05) is 0 Å². The lowest BCUT2D eigenvalue weighted by atomic mass is 10.1. The van der Waals surface area contributed by atoms with Crippen LogP contribution in [0.3, 0.4) is 0 Å². The molecule has 1 heterocycles. The third kappa shape index (κ3) is 1.65. The van der Waals surface area contributed by atoms with Crippen LogP contribution in [0.5, 0.6) is 0 Å². The van der Waals surface area contributed by atoms with Crippen molar-refractivity contribution in [3.05, 3.63) is 29.0 Å². The lowest BCUT2D eigenvalue weighted by Gasteiger charge is -1.96. The minimum absolute atomic E-state index is 0.924. The van der Waals surface area contributed by atoms with Gasteiger partial charge in [0.1, 0.15) is 0 Å². The molecule has 0 saturated carbocycles. The molecule has 0 aliphatic rings. The molecule has 2 rings (SSSR count). The number of aryl methyl sites for hydroxylation is 3.